The Kier molecular flexibility index (Phi) is 4.84. The first-order valence-corrected chi connectivity index (χ1v) is 8.21. The minimum absolute atomic E-state index is 0.324. The first-order chi connectivity index (χ1) is 12.1. The van der Waals surface area contributed by atoms with Gasteiger partial charge in [0, 0.05) is 22.8 Å². The number of hydrogen-bond donors (Lipinski definition) is 2. The van der Waals surface area contributed by atoms with E-state index >= 15 is 0 Å². The van der Waals surface area contributed by atoms with E-state index in [2.05, 4.69) is 10.3 Å². The molecule has 5 nitrogen and oxygen atoms in total. The van der Waals surface area contributed by atoms with Gasteiger partial charge in [-0.3, -0.25) is 4.79 Å². The highest BCUT2D eigenvalue weighted by Crippen LogP contribution is 2.21. The second kappa shape index (κ2) is 7.21. The monoisotopic (exact) mass is 336 g/mol. The van der Waals surface area contributed by atoms with Gasteiger partial charge in [-0.2, -0.15) is 0 Å². The maximum atomic E-state index is 12.2. The summed E-state index contributed by atoms with van der Waals surface area (Å²) < 4.78 is 5.17. The van der Waals surface area contributed by atoms with Gasteiger partial charge in [0.2, 0.25) is 0 Å². The van der Waals surface area contributed by atoms with Crippen LogP contribution in [0.1, 0.15) is 28.4 Å². The van der Waals surface area contributed by atoms with Crippen LogP contribution in [-0.2, 0) is 16.0 Å². The summed E-state index contributed by atoms with van der Waals surface area (Å²) in [5.74, 6) is -0.870. The Balaban J connectivity index is 1.66. The highest BCUT2D eigenvalue weighted by molar-refractivity contribution is 6.05. The van der Waals surface area contributed by atoms with Gasteiger partial charge in [0.15, 0.2) is 6.61 Å². The minimum Gasteiger partial charge on any atom is -0.452 e. The van der Waals surface area contributed by atoms with Crippen LogP contribution in [0.3, 0.4) is 0 Å². The number of aromatic nitrogens is 1. The van der Waals surface area contributed by atoms with E-state index in [0.717, 1.165) is 34.1 Å². The molecule has 5 heteroatoms. The fourth-order valence-corrected chi connectivity index (χ4v) is 2.83. The van der Waals surface area contributed by atoms with Gasteiger partial charge in [0.05, 0.1) is 5.56 Å². The lowest BCUT2D eigenvalue weighted by Crippen LogP contribution is -2.22. The molecule has 0 aliphatic carbocycles. The van der Waals surface area contributed by atoms with E-state index in [-0.39, 0.29) is 12.5 Å². The van der Waals surface area contributed by atoms with Crippen molar-refractivity contribution in [1.82, 2.24) is 4.98 Å². The molecule has 25 heavy (non-hydrogen) atoms. The second-order valence-electron chi connectivity index (χ2n) is 5.83. The number of rotatable bonds is 5. The number of fused-ring (bicyclic) bond motifs is 1. The van der Waals surface area contributed by atoms with Gasteiger partial charge in [-0.1, -0.05) is 43.3 Å². The van der Waals surface area contributed by atoms with E-state index in [1.165, 1.54) is 0 Å². The molecular weight excluding hydrogens is 316 g/mol. The molecule has 0 saturated heterocycles. The molecule has 0 spiro atoms. The van der Waals surface area contributed by atoms with Gasteiger partial charge >= 0.3 is 5.97 Å². The summed E-state index contributed by atoms with van der Waals surface area (Å²) in [6.45, 7) is 3.64. The van der Waals surface area contributed by atoms with E-state index in [1.54, 1.807) is 6.20 Å². The van der Waals surface area contributed by atoms with Gasteiger partial charge < -0.3 is 15.0 Å². The molecule has 2 aromatic carbocycles. The largest absolute Gasteiger partial charge is 0.452 e. The van der Waals surface area contributed by atoms with Gasteiger partial charge in [-0.15, -0.1) is 0 Å². The molecule has 0 atom stereocenters. The van der Waals surface area contributed by atoms with Crippen LogP contribution in [0.2, 0.25) is 0 Å². The van der Waals surface area contributed by atoms with Crippen molar-refractivity contribution in [3.8, 4) is 0 Å². The molecule has 1 amide bonds. The van der Waals surface area contributed by atoms with E-state index in [4.69, 9.17) is 4.74 Å². The second-order valence-corrected chi connectivity index (χ2v) is 5.83. The first-order valence-electron chi connectivity index (χ1n) is 8.21. The summed E-state index contributed by atoms with van der Waals surface area (Å²) >= 11 is 0. The van der Waals surface area contributed by atoms with Crippen molar-refractivity contribution in [1.29, 1.82) is 0 Å². The molecule has 0 bridgehead atoms. The number of aryl methyl sites for hydroxylation is 2. The van der Waals surface area contributed by atoms with Crippen LogP contribution in [0, 0.1) is 6.92 Å². The standard InChI is InChI=1S/C20H20N2O3/c1-3-14-8-6-7-13(2)19(14)22-18(23)12-25-20(24)16-11-21-17-10-5-4-9-15(16)17/h4-11,21H,3,12H2,1-2H3,(H,22,23). The zero-order chi connectivity index (χ0) is 17.8. The Morgan fingerprint density at radius 2 is 1.92 bits per heavy atom. The third-order valence-electron chi connectivity index (χ3n) is 4.15. The fraction of sp³-hybridized carbons (Fsp3) is 0.200. The third kappa shape index (κ3) is 3.55. The molecule has 128 valence electrons. The maximum Gasteiger partial charge on any atom is 0.340 e. The van der Waals surface area contributed by atoms with Crippen molar-refractivity contribution in [3.05, 3.63) is 65.4 Å². The average molecular weight is 336 g/mol. The van der Waals surface area contributed by atoms with E-state index in [9.17, 15) is 9.59 Å². The van der Waals surface area contributed by atoms with Gasteiger partial charge in [0.25, 0.3) is 5.91 Å². The summed E-state index contributed by atoms with van der Waals surface area (Å²) in [6, 6.07) is 13.3. The molecule has 0 aliphatic heterocycles. The smallest absolute Gasteiger partial charge is 0.340 e. The van der Waals surface area contributed by atoms with E-state index < -0.39 is 5.97 Å². The molecular formula is C20H20N2O3. The molecule has 1 heterocycles. The minimum atomic E-state index is -0.520. The lowest BCUT2D eigenvalue weighted by Gasteiger charge is -2.13. The SMILES string of the molecule is CCc1cccc(C)c1NC(=O)COC(=O)c1c[nH]c2ccccc12. The Bertz CT molecular complexity index is 928. The van der Waals surface area contributed by atoms with Crippen LogP contribution >= 0.6 is 0 Å². The van der Waals surface area contributed by atoms with E-state index in [1.807, 2.05) is 56.3 Å². The van der Waals surface area contributed by atoms with Crippen molar-refractivity contribution in [2.75, 3.05) is 11.9 Å². The van der Waals surface area contributed by atoms with Crippen molar-refractivity contribution >= 4 is 28.5 Å². The first kappa shape index (κ1) is 16.8. The highest BCUT2D eigenvalue weighted by Gasteiger charge is 2.15. The number of para-hydroxylation sites is 2. The topological polar surface area (TPSA) is 71.2 Å². The van der Waals surface area contributed by atoms with Gasteiger partial charge in [-0.25, -0.2) is 4.79 Å². The van der Waals surface area contributed by atoms with Crippen LogP contribution in [0.25, 0.3) is 10.9 Å². The number of aromatic amines is 1. The number of ether oxygens (including phenoxy) is 1. The number of esters is 1. The normalized spacial score (nSPS) is 10.6. The van der Waals surface area contributed by atoms with E-state index in [0.29, 0.717) is 5.56 Å². The molecule has 0 unspecified atom stereocenters. The van der Waals surface area contributed by atoms with Crippen molar-refractivity contribution in [3.63, 3.8) is 0 Å². The van der Waals surface area contributed by atoms with Gasteiger partial charge in [-0.05, 0) is 30.5 Å². The average Bonchev–Trinajstić information content (AvgIpc) is 3.05. The lowest BCUT2D eigenvalue weighted by atomic mass is 10.1. The van der Waals surface area contributed by atoms with Crippen molar-refractivity contribution in [2.45, 2.75) is 20.3 Å². The summed E-state index contributed by atoms with van der Waals surface area (Å²) in [5.41, 5.74) is 4.10. The summed E-state index contributed by atoms with van der Waals surface area (Å²) in [7, 11) is 0. The summed E-state index contributed by atoms with van der Waals surface area (Å²) in [6.07, 6.45) is 2.41. The molecule has 0 fully saturated rings. The van der Waals surface area contributed by atoms with Crippen LogP contribution in [0.15, 0.2) is 48.7 Å². The predicted molar refractivity (Wildman–Crippen MR) is 97.8 cm³/mol. The molecule has 2 N–H and O–H groups in total. The zero-order valence-electron chi connectivity index (χ0n) is 14.3. The van der Waals surface area contributed by atoms with Crippen molar-refractivity contribution < 1.29 is 14.3 Å². The number of anilines is 1. The predicted octanol–water partition coefficient (Wildman–Crippen LogP) is 3.83. The number of amides is 1. The number of benzene rings is 2. The third-order valence-corrected chi connectivity index (χ3v) is 4.15. The van der Waals surface area contributed by atoms with Gasteiger partial charge in [0.1, 0.15) is 0 Å². The number of carbonyl (C=O) groups excluding carboxylic acids is 2. The highest BCUT2D eigenvalue weighted by atomic mass is 16.5. The maximum absolute atomic E-state index is 12.2. The summed E-state index contributed by atoms with van der Waals surface area (Å²) in [5, 5.41) is 3.62. The Hall–Kier alpha value is -3.08. The quantitative estimate of drug-likeness (QED) is 0.696. The summed E-state index contributed by atoms with van der Waals surface area (Å²) in [4.78, 5) is 27.4. The van der Waals surface area contributed by atoms with Crippen LogP contribution in [-0.4, -0.2) is 23.5 Å². The number of carbonyl (C=O) groups is 2. The molecule has 3 aromatic rings. The van der Waals surface area contributed by atoms with Crippen LogP contribution in [0.4, 0.5) is 5.69 Å². The number of nitrogens with one attached hydrogen (secondary N) is 2. The zero-order valence-corrected chi connectivity index (χ0v) is 14.3. The Labute approximate surface area is 146 Å². The van der Waals surface area contributed by atoms with Crippen molar-refractivity contribution in [2.24, 2.45) is 0 Å². The molecule has 0 radical (unpaired) electrons. The molecule has 3 rings (SSSR count). The number of H-pyrrole nitrogens is 1. The fourth-order valence-electron chi connectivity index (χ4n) is 2.83. The number of hydrogen-bond acceptors (Lipinski definition) is 3. The van der Waals surface area contributed by atoms with Crippen LogP contribution in [0.5, 0.6) is 0 Å². The Morgan fingerprint density at radius 1 is 1.12 bits per heavy atom. The Morgan fingerprint density at radius 3 is 2.72 bits per heavy atom. The lowest BCUT2D eigenvalue weighted by molar-refractivity contribution is -0.119. The van der Waals surface area contributed by atoms with Crippen LogP contribution < -0.4 is 5.32 Å². The molecule has 0 aliphatic rings. The molecule has 0 saturated carbocycles. The molecule has 1 aromatic heterocycles.